The average molecular weight is 289 g/mol. The lowest BCUT2D eigenvalue weighted by molar-refractivity contribution is -0.274. The second kappa shape index (κ2) is 5.09. The summed E-state index contributed by atoms with van der Waals surface area (Å²) in [6.07, 6.45) is -4.68. The molecule has 0 amide bonds. The molecule has 2 nitrogen and oxygen atoms in total. The fourth-order valence-corrected chi connectivity index (χ4v) is 2.05. The van der Waals surface area contributed by atoms with Crippen LogP contribution in [0.1, 0.15) is 0 Å². The Kier molecular flexibility index (Phi) is 3.25. The van der Waals surface area contributed by atoms with Gasteiger partial charge in [-0.05, 0) is 36.4 Å². The fraction of sp³-hybridized carbons (Fsp3) is 0.0625. The summed E-state index contributed by atoms with van der Waals surface area (Å²) in [5.74, 6) is -0.243. The van der Waals surface area contributed by atoms with Gasteiger partial charge < -0.3 is 4.74 Å². The second-order valence-corrected chi connectivity index (χ2v) is 4.46. The molecule has 0 spiro atoms. The molecule has 0 unspecified atom stereocenters. The molecule has 0 bridgehead atoms. The van der Waals surface area contributed by atoms with Crippen LogP contribution in [0.4, 0.5) is 13.2 Å². The number of nitrogens with zero attached hydrogens (tertiary/aromatic N) is 1. The van der Waals surface area contributed by atoms with Crippen LogP contribution >= 0.6 is 0 Å². The molecule has 0 saturated heterocycles. The molecule has 0 aliphatic rings. The van der Waals surface area contributed by atoms with Crippen molar-refractivity contribution in [1.29, 1.82) is 0 Å². The lowest BCUT2D eigenvalue weighted by atomic mass is 10.1. The summed E-state index contributed by atoms with van der Waals surface area (Å²) in [6.45, 7) is 0. The van der Waals surface area contributed by atoms with Crippen LogP contribution in [0.15, 0.2) is 60.7 Å². The number of pyridine rings is 1. The van der Waals surface area contributed by atoms with Crippen LogP contribution < -0.4 is 4.74 Å². The van der Waals surface area contributed by atoms with Gasteiger partial charge in [0.25, 0.3) is 0 Å². The maximum absolute atomic E-state index is 12.1. The second-order valence-electron chi connectivity index (χ2n) is 4.46. The molecule has 0 atom stereocenters. The van der Waals surface area contributed by atoms with Crippen LogP contribution in [0, 0.1) is 0 Å². The minimum atomic E-state index is -4.68. The van der Waals surface area contributed by atoms with E-state index in [1.54, 1.807) is 12.1 Å². The molecular weight excluding hydrogens is 279 g/mol. The molecule has 0 aliphatic heterocycles. The van der Waals surface area contributed by atoms with Crippen LogP contribution in [-0.4, -0.2) is 11.3 Å². The van der Waals surface area contributed by atoms with E-state index in [1.807, 2.05) is 36.4 Å². The Morgan fingerprint density at radius 2 is 1.52 bits per heavy atom. The molecule has 21 heavy (non-hydrogen) atoms. The lowest BCUT2D eigenvalue weighted by Gasteiger charge is -2.09. The minimum Gasteiger partial charge on any atom is -0.406 e. The van der Waals surface area contributed by atoms with Gasteiger partial charge in [0.2, 0.25) is 0 Å². The highest BCUT2D eigenvalue weighted by Gasteiger charge is 2.30. The topological polar surface area (TPSA) is 22.1 Å². The van der Waals surface area contributed by atoms with Crippen molar-refractivity contribution in [1.82, 2.24) is 4.98 Å². The Balaban J connectivity index is 1.91. The third kappa shape index (κ3) is 3.13. The summed E-state index contributed by atoms with van der Waals surface area (Å²) >= 11 is 0. The van der Waals surface area contributed by atoms with Gasteiger partial charge in [-0.25, -0.2) is 4.98 Å². The number of fused-ring (bicyclic) bond motifs is 1. The highest BCUT2D eigenvalue weighted by atomic mass is 19.4. The highest BCUT2D eigenvalue weighted by Crippen LogP contribution is 2.26. The Bertz CT molecular complexity index is 766. The molecule has 0 N–H and O–H groups in total. The third-order valence-corrected chi connectivity index (χ3v) is 2.98. The van der Waals surface area contributed by atoms with Crippen LogP contribution in [0.3, 0.4) is 0 Å². The van der Waals surface area contributed by atoms with Gasteiger partial charge in [-0.1, -0.05) is 24.3 Å². The third-order valence-electron chi connectivity index (χ3n) is 2.98. The monoisotopic (exact) mass is 289 g/mol. The summed E-state index contributed by atoms with van der Waals surface area (Å²) in [5, 5.41) is 1.01. The Labute approximate surface area is 118 Å². The first-order valence-electron chi connectivity index (χ1n) is 6.23. The van der Waals surface area contributed by atoms with E-state index in [1.165, 1.54) is 12.1 Å². The molecule has 3 rings (SSSR count). The first-order valence-corrected chi connectivity index (χ1v) is 6.23. The van der Waals surface area contributed by atoms with Crippen LogP contribution in [0.25, 0.3) is 22.2 Å². The van der Waals surface area contributed by atoms with E-state index in [-0.39, 0.29) is 5.75 Å². The average Bonchev–Trinajstić information content (AvgIpc) is 2.46. The predicted molar refractivity (Wildman–Crippen MR) is 73.9 cm³/mol. The highest BCUT2D eigenvalue weighted by molar-refractivity contribution is 5.81. The van der Waals surface area contributed by atoms with Crippen molar-refractivity contribution in [3.63, 3.8) is 0 Å². The number of para-hydroxylation sites is 1. The first-order chi connectivity index (χ1) is 10.0. The van der Waals surface area contributed by atoms with Gasteiger partial charge in [-0.3, -0.25) is 0 Å². The number of halogens is 3. The maximum Gasteiger partial charge on any atom is 0.573 e. The fourth-order valence-electron chi connectivity index (χ4n) is 2.05. The lowest BCUT2D eigenvalue weighted by Crippen LogP contribution is -2.16. The summed E-state index contributed by atoms with van der Waals surface area (Å²) in [6, 6.07) is 17.1. The Morgan fingerprint density at radius 3 is 2.24 bits per heavy atom. The molecule has 0 saturated carbocycles. The van der Waals surface area contributed by atoms with Gasteiger partial charge in [-0.15, -0.1) is 13.2 Å². The first kappa shape index (κ1) is 13.4. The standard InChI is InChI=1S/C16H10F3NO/c17-16(18,19)21-13-8-5-12(6-9-13)15-10-7-11-3-1-2-4-14(11)20-15/h1-10H. The zero-order valence-electron chi connectivity index (χ0n) is 10.8. The number of hydrogen-bond donors (Lipinski definition) is 0. The SMILES string of the molecule is FC(F)(F)Oc1ccc(-c2ccc3ccccc3n2)cc1. The molecular formula is C16H10F3NO. The van der Waals surface area contributed by atoms with E-state index >= 15 is 0 Å². The van der Waals surface area contributed by atoms with Crippen molar-refractivity contribution >= 4 is 10.9 Å². The number of rotatable bonds is 2. The summed E-state index contributed by atoms with van der Waals surface area (Å²) in [7, 11) is 0. The number of ether oxygens (including phenoxy) is 1. The number of benzene rings is 2. The van der Waals surface area contributed by atoms with Crippen molar-refractivity contribution in [2.75, 3.05) is 0 Å². The van der Waals surface area contributed by atoms with Crippen molar-refractivity contribution in [3.05, 3.63) is 60.7 Å². The zero-order valence-corrected chi connectivity index (χ0v) is 10.8. The summed E-state index contributed by atoms with van der Waals surface area (Å²) in [5.41, 5.74) is 2.27. The van der Waals surface area contributed by atoms with Crippen molar-refractivity contribution < 1.29 is 17.9 Å². The molecule has 5 heteroatoms. The van der Waals surface area contributed by atoms with Crippen molar-refractivity contribution in [3.8, 4) is 17.0 Å². The minimum absolute atomic E-state index is 0.243. The van der Waals surface area contributed by atoms with E-state index in [4.69, 9.17) is 0 Å². The smallest absolute Gasteiger partial charge is 0.406 e. The van der Waals surface area contributed by atoms with Crippen LogP contribution in [0.5, 0.6) is 5.75 Å². The summed E-state index contributed by atoms with van der Waals surface area (Å²) in [4.78, 5) is 4.49. The van der Waals surface area contributed by atoms with Crippen molar-refractivity contribution in [2.45, 2.75) is 6.36 Å². The maximum atomic E-state index is 12.1. The molecule has 3 aromatic rings. The van der Waals surface area contributed by atoms with Crippen molar-refractivity contribution in [2.24, 2.45) is 0 Å². The van der Waals surface area contributed by atoms with Gasteiger partial charge in [0.15, 0.2) is 0 Å². The van der Waals surface area contributed by atoms with Gasteiger partial charge in [-0.2, -0.15) is 0 Å². The van der Waals surface area contributed by atoms with Crippen LogP contribution in [-0.2, 0) is 0 Å². The number of hydrogen-bond acceptors (Lipinski definition) is 2. The summed E-state index contributed by atoms with van der Waals surface area (Å²) < 4.78 is 40.2. The normalized spacial score (nSPS) is 11.6. The Hall–Kier alpha value is -2.56. The van der Waals surface area contributed by atoms with E-state index in [9.17, 15) is 13.2 Å². The van der Waals surface area contributed by atoms with Gasteiger partial charge >= 0.3 is 6.36 Å². The number of aromatic nitrogens is 1. The van der Waals surface area contributed by atoms with E-state index in [0.29, 0.717) is 5.69 Å². The molecule has 0 fully saturated rings. The molecule has 0 radical (unpaired) electrons. The van der Waals surface area contributed by atoms with E-state index < -0.39 is 6.36 Å². The molecule has 2 aromatic carbocycles. The quantitative estimate of drug-likeness (QED) is 0.676. The molecule has 0 aliphatic carbocycles. The van der Waals surface area contributed by atoms with E-state index in [2.05, 4.69) is 9.72 Å². The molecule has 1 heterocycles. The van der Waals surface area contributed by atoms with Crippen LogP contribution in [0.2, 0.25) is 0 Å². The largest absolute Gasteiger partial charge is 0.573 e. The van der Waals surface area contributed by atoms with E-state index in [0.717, 1.165) is 16.5 Å². The predicted octanol–water partition coefficient (Wildman–Crippen LogP) is 4.80. The molecule has 106 valence electrons. The zero-order chi connectivity index (χ0) is 14.9. The number of alkyl halides is 3. The van der Waals surface area contributed by atoms with Gasteiger partial charge in [0.05, 0.1) is 11.2 Å². The van der Waals surface area contributed by atoms with Gasteiger partial charge in [0.1, 0.15) is 5.75 Å². The van der Waals surface area contributed by atoms with Gasteiger partial charge in [0, 0.05) is 10.9 Å². The Morgan fingerprint density at radius 1 is 0.810 bits per heavy atom. The molecule has 1 aromatic heterocycles.